The van der Waals surface area contributed by atoms with E-state index in [9.17, 15) is 15.0 Å². The second kappa shape index (κ2) is 8.22. The van der Waals surface area contributed by atoms with Crippen LogP contribution >= 0.6 is 11.8 Å². The molecule has 1 heterocycles. The first-order valence-corrected chi connectivity index (χ1v) is 9.18. The number of aliphatic imine (C=N–C) groups is 1. The summed E-state index contributed by atoms with van der Waals surface area (Å²) >= 11 is 1.16. The lowest BCUT2D eigenvalue weighted by atomic mass is 10.1. The van der Waals surface area contributed by atoms with Gasteiger partial charge in [-0.2, -0.15) is 0 Å². The summed E-state index contributed by atoms with van der Waals surface area (Å²) in [6.45, 7) is 1.95. The maximum absolute atomic E-state index is 12.2. The van der Waals surface area contributed by atoms with Gasteiger partial charge in [0.15, 0.2) is 11.5 Å². The van der Waals surface area contributed by atoms with Crippen molar-refractivity contribution in [1.29, 1.82) is 0 Å². The van der Waals surface area contributed by atoms with E-state index in [0.717, 1.165) is 17.3 Å². The molecule has 28 heavy (non-hydrogen) atoms. The van der Waals surface area contributed by atoms with Crippen LogP contribution in [0.25, 0.3) is 6.08 Å². The van der Waals surface area contributed by atoms with Crippen LogP contribution in [0.2, 0.25) is 0 Å². The summed E-state index contributed by atoms with van der Waals surface area (Å²) in [4.78, 5) is 17.1. The number of aliphatic hydroxyl groups excluding tert-OH is 1. The SMILES string of the molecule is COC(=O)C1=C(O)C(=Cc2ccc(OC)c(O)c2)SC1=Nc1cccc(C)c1. The van der Waals surface area contributed by atoms with E-state index >= 15 is 0 Å². The molecule has 0 atom stereocenters. The first-order chi connectivity index (χ1) is 13.4. The van der Waals surface area contributed by atoms with Gasteiger partial charge in [0.1, 0.15) is 16.4 Å². The van der Waals surface area contributed by atoms with Crippen molar-refractivity contribution in [2.75, 3.05) is 14.2 Å². The van der Waals surface area contributed by atoms with Crippen molar-refractivity contribution in [3.63, 3.8) is 0 Å². The van der Waals surface area contributed by atoms with E-state index in [0.29, 0.717) is 26.9 Å². The molecule has 0 radical (unpaired) electrons. The van der Waals surface area contributed by atoms with E-state index in [2.05, 4.69) is 4.99 Å². The molecule has 6 nitrogen and oxygen atoms in total. The van der Waals surface area contributed by atoms with Crippen molar-refractivity contribution in [3.8, 4) is 11.5 Å². The molecule has 0 saturated heterocycles. The lowest BCUT2D eigenvalue weighted by molar-refractivity contribution is -0.135. The van der Waals surface area contributed by atoms with Crippen molar-refractivity contribution >= 4 is 34.5 Å². The predicted octanol–water partition coefficient (Wildman–Crippen LogP) is 4.51. The number of hydrogen-bond donors (Lipinski definition) is 2. The molecule has 2 N–H and O–H groups in total. The second-order valence-corrected chi connectivity index (χ2v) is 7.04. The van der Waals surface area contributed by atoms with E-state index in [1.165, 1.54) is 20.3 Å². The van der Waals surface area contributed by atoms with E-state index < -0.39 is 5.97 Å². The van der Waals surface area contributed by atoms with Gasteiger partial charge < -0.3 is 19.7 Å². The van der Waals surface area contributed by atoms with Gasteiger partial charge in [-0.1, -0.05) is 30.0 Å². The molecule has 144 valence electrons. The van der Waals surface area contributed by atoms with Crippen LogP contribution in [0, 0.1) is 6.92 Å². The fourth-order valence-corrected chi connectivity index (χ4v) is 3.69. The Morgan fingerprint density at radius 1 is 1.14 bits per heavy atom. The number of carbonyl (C=O) groups excluding carboxylic acids is 1. The number of aromatic hydroxyl groups is 1. The van der Waals surface area contributed by atoms with Crippen LogP contribution in [0.5, 0.6) is 11.5 Å². The second-order valence-electron chi connectivity index (χ2n) is 6.01. The zero-order valence-corrected chi connectivity index (χ0v) is 16.4. The Balaban J connectivity index is 2.04. The van der Waals surface area contributed by atoms with Crippen molar-refractivity contribution in [3.05, 3.63) is 69.8 Å². The van der Waals surface area contributed by atoms with E-state index in [1.54, 1.807) is 18.2 Å². The molecule has 0 bridgehead atoms. The van der Waals surface area contributed by atoms with Crippen LogP contribution in [0.3, 0.4) is 0 Å². The van der Waals surface area contributed by atoms with E-state index in [-0.39, 0.29) is 17.1 Å². The number of carbonyl (C=O) groups is 1. The van der Waals surface area contributed by atoms with Crippen molar-refractivity contribution in [1.82, 2.24) is 0 Å². The number of esters is 1. The third kappa shape index (κ3) is 4.04. The van der Waals surface area contributed by atoms with Crippen molar-refractivity contribution in [2.45, 2.75) is 6.92 Å². The monoisotopic (exact) mass is 397 g/mol. The Morgan fingerprint density at radius 3 is 2.57 bits per heavy atom. The lowest BCUT2D eigenvalue weighted by Crippen LogP contribution is -2.10. The first-order valence-electron chi connectivity index (χ1n) is 8.37. The number of aryl methyl sites for hydroxylation is 1. The molecule has 0 spiro atoms. The molecular formula is C21H19NO5S. The summed E-state index contributed by atoms with van der Waals surface area (Å²) in [5.41, 5.74) is 2.34. The molecule has 0 amide bonds. The van der Waals surface area contributed by atoms with Gasteiger partial charge in [-0.05, 0) is 48.4 Å². The van der Waals surface area contributed by atoms with Gasteiger partial charge in [0.25, 0.3) is 0 Å². The highest BCUT2D eigenvalue weighted by molar-refractivity contribution is 8.18. The first kappa shape index (κ1) is 19.6. The zero-order valence-electron chi connectivity index (χ0n) is 15.6. The Bertz CT molecular complexity index is 1020. The minimum absolute atomic E-state index is 0.0120. The third-order valence-electron chi connectivity index (χ3n) is 4.01. The molecule has 7 heteroatoms. The average molecular weight is 397 g/mol. The maximum Gasteiger partial charge on any atom is 0.344 e. The quantitative estimate of drug-likeness (QED) is 0.738. The Morgan fingerprint density at radius 2 is 1.93 bits per heavy atom. The van der Waals surface area contributed by atoms with Crippen LogP contribution in [0.1, 0.15) is 11.1 Å². The van der Waals surface area contributed by atoms with Gasteiger partial charge >= 0.3 is 5.97 Å². The molecule has 0 aromatic heterocycles. The number of benzene rings is 2. The zero-order chi connectivity index (χ0) is 20.3. The van der Waals surface area contributed by atoms with Gasteiger partial charge in [-0.15, -0.1) is 0 Å². The number of methoxy groups -OCH3 is 2. The minimum Gasteiger partial charge on any atom is -0.506 e. The molecule has 0 unspecified atom stereocenters. The molecular weight excluding hydrogens is 378 g/mol. The van der Waals surface area contributed by atoms with Crippen molar-refractivity contribution in [2.24, 2.45) is 4.99 Å². The van der Waals surface area contributed by atoms with Gasteiger partial charge in [-0.25, -0.2) is 9.79 Å². The summed E-state index contributed by atoms with van der Waals surface area (Å²) in [6, 6.07) is 12.4. The van der Waals surface area contributed by atoms with Crippen LogP contribution in [0.15, 0.2) is 63.7 Å². The van der Waals surface area contributed by atoms with Gasteiger partial charge in [0.05, 0.1) is 24.8 Å². The van der Waals surface area contributed by atoms with Crippen LogP contribution in [-0.2, 0) is 9.53 Å². The van der Waals surface area contributed by atoms with Crippen LogP contribution in [-0.4, -0.2) is 35.4 Å². The highest BCUT2D eigenvalue weighted by atomic mass is 32.2. The molecule has 1 aliphatic rings. The minimum atomic E-state index is -0.669. The number of rotatable bonds is 4. The van der Waals surface area contributed by atoms with Crippen LogP contribution < -0.4 is 4.74 Å². The molecule has 2 aromatic carbocycles. The number of ether oxygens (including phenoxy) is 2. The molecule has 1 aliphatic heterocycles. The summed E-state index contributed by atoms with van der Waals surface area (Å²) in [7, 11) is 2.71. The topological polar surface area (TPSA) is 88.4 Å². The number of thioether (sulfide) groups is 1. The summed E-state index contributed by atoms with van der Waals surface area (Å²) in [5.74, 6) is -0.556. The fraction of sp³-hybridized carbons (Fsp3) is 0.143. The number of phenols is 1. The smallest absolute Gasteiger partial charge is 0.344 e. The Labute approximate surface area is 166 Å². The van der Waals surface area contributed by atoms with E-state index in [4.69, 9.17) is 9.47 Å². The summed E-state index contributed by atoms with van der Waals surface area (Å²) < 4.78 is 9.84. The van der Waals surface area contributed by atoms with Crippen LogP contribution in [0.4, 0.5) is 5.69 Å². The maximum atomic E-state index is 12.2. The average Bonchev–Trinajstić information content (AvgIpc) is 2.96. The fourth-order valence-electron chi connectivity index (χ4n) is 2.65. The molecule has 0 aliphatic carbocycles. The lowest BCUT2D eigenvalue weighted by Gasteiger charge is -2.04. The summed E-state index contributed by atoms with van der Waals surface area (Å²) in [5, 5.41) is 20.9. The Hall–Kier alpha value is -3.19. The molecule has 0 fully saturated rings. The number of hydrogen-bond acceptors (Lipinski definition) is 7. The van der Waals surface area contributed by atoms with Gasteiger partial charge in [0, 0.05) is 0 Å². The summed E-state index contributed by atoms with van der Waals surface area (Å²) in [6.07, 6.45) is 1.65. The number of nitrogens with zero attached hydrogens (tertiary/aromatic N) is 1. The molecule has 2 aromatic rings. The van der Waals surface area contributed by atoms with Gasteiger partial charge in [-0.3, -0.25) is 0 Å². The van der Waals surface area contributed by atoms with E-state index in [1.807, 2.05) is 31.2 Å². The van der Waals surface area contributed by atoms with Gasteiger partial charge in [0.2, 0.25) is 0 Å². The number of phenolic OH excluding ortho intramolecular Hbond substituents is 1. The normalized spacial score (nSPS) is 16.7. The molecule has 0 saturated carbocycles. The number of aliphatic hydroxyl groups is 1. The largest absolute Gasteiger partial charge is 0.506 e. The third-order valence-corrected chi connectivity index (χ3v) is 5.03. The molecule has 3 rings (SSSR count). The Kier molecular flexibility index (Phi) is 5.75. The van der Waals surface area contributed by atoms with Crippen molar-refractivity contribution < 1.29 is 24.5 Å². The highest BCUT2D eigenvalue weighted by Gasteiger charge is 2.33. The standard InChI is InChI=1S/C21H19NO5S/c1-12-5-4-6-14(9-12)22-20-18(21(25)27-3)19(24)17(28-20)11-13-7-8-16(26-2)15(23)10-13/h4-11,23-24H,1-3H3. The highest BCUT2D eigenvalue weighted by Crippen LogP contribution is 2.40. The predicted molar refractivity (Wildman–Crippen MR) is 110 cm³/mol.